The molecule has 116 valence electrons. The van der Waals surface area contributed by atoms with E-state index in [0.717, 1.165) is 10.6 Å². The number of hydrogen-bond acceptors (Lipinski definition) is 6. The van der Waals surface area contributed by atoms with Gasteiger partial charge >= 0.3 is 5.69 Å². The van der Waals surface area contributed by atoms with E-state index in [1.807, 2.05) is 0 Å². The summed E-state index contributed by atoms with van der Waals surface area (Å²) >= 11 is 0. The number of aliphatic hydroxyl groups is 1. The zero-order chi connectivity index (χ0) is 15.4. The summed E-state index contributed by atoms with van der Waals surface area (Å²) in [4.78, 5) is 25.0. The van der Waals surface area contributed by atoms with E-state index in [-0.39, 0.29) is 0 Å². The van der Waals surface area contributed by atoms with Crippen LogP contribution in [0.2, 0.25) is 0 Å². The molecule has 9 heteroatoms. The van der Waals surface area contributed by atoms with E-state index in [1.54, 1.807) is 13.8 Å². The van der Waals surface area contributed by atoms with Gasteiger partial charge in [-0.15, -0.1) is 0 Å². The molecular formula is C12H15FN2O6. The number of aromatic nitrogens is 2. The summed E-state index contributed by atoms with van der Waals surface area (Å²) in [7, 11) is 0. The number of nitrogens with one attached hydrogen (secondary N) is 1. The Balaban J connectivity index is 2.04. The number of alkyl halides is 1. The Morgan fingerprint density at radius 3 is 2.71 bits per heavy atom. The van der Waals surface area contributed by atoms with Crippen molar-refractivity contribution in [3.63, 3.8) is 0 Å². The van der Waals surface area contributed by atoms with Crippen LogP contribution in [-0.2, 0) is 14.2 Å². The van der Waals surface area contributed by atoms with Gasteiger partial charge in [0.2, 0.25) is 0 Å². The van der Waals surface area contributed by atoms with E-state index in [4.69, 9.17) is 14.2 Å². The van der Waals surface area contributed by atoms with Crippen molar-refractivity contribution in [2.45, 2.75) is 43.9 Å². The maximum atomic E-state index is 14.6. The topological polar surface area (TPSA) is 103 Å². The lowest BCUT2D eigenvalue weighted by molar-refractivity contribution is -0.265. The van der Waals surface area contributed by atoms with Crippen molar-refractivity contribution in [1.82, 2.24) is 9.55 Å². The molecule has 2 fully saturated rings. The van der Waals surface area contributed by atoms with E-state index in [9.17, 15) is 19.1 Å². The van der Waals surface area contributed by atoms with Crippen LogP contribution in [0.4, 0.5) is 4.39 Å². The van der Waals surface area contributed by atoms with Gasteiger partial charge in [-0.3, -0.25) is 14.3 Å². The molecular weight excluding hydrogens is 287 g/mol. The number of hydrogen-bond donors (Lipinski definition) is 2. The van der Waals surface area contributed by atoms with Gasteiger partial charge in [0.15, 0.2) is 18.1 Å². The normalized spacial score (nSPS) is 37.6. The van der Waals surface area contributed by atoms with Crippen molar-refractivity contribution in [2.75, 3.05) is 6.61 Å². The first-order valence-electron chi connectivity index (χ1n) is 6.40. The smallest absolute Gasteiger partial charge is 0.330 e. The largest absolute Gasteiger partial charge is 0.390 e. The average molecular weight is 302 g/mol. The van der Waals surface area contributed by atoms with Crippen molar-refractivity contribution >= 4 is 0 Å². The number of halogens is 1. The molecule has 4 atom stereocenters. The van der Waals surface area contributed by atoms with Gasteiger partial charge in [0.25, 0.3) is 11.4 Å². The van der Waals surface area contributed by atoms with Crippen LogP contribution in [-0.4, -0.2) is 45.1 Å². The summed E-state index contributed by atoms with van der Waals surface area (Å²) in [6.07, 6.45) is -2.08. The maximum Gasteiger partial charge on any atom is 0.330 e. The van der Waals surface area contributed by atoms with Crippen molar-refractivity contribution in [3.05, 3.63) is 33.1 Å². The molecule has 3 heterocycles. The number of aliphatic hydroxyl groups excluding tert-OH is 1. The molecule has 0 radical (unpaired) electrons. The van der Waals surface area contributed by atoms with E-state index in [0.29, 0.717) is 0 Å². The molecule has 2 unspecified atom stereocenters. The fourth-order valence-electron chi connectivity index (χ4n) is 2.64. The Bertz CT molecular complexity index is 670. The van der Waals surface area contributed by atoms with Gasteiger partial charge < -0.3 is 19.3 Å². The van der Waals surface area contributed by atoms with Crippen LogP contribution in [0, 0.1) is 0 Å². The van der Waals surface area contributed by atoms with Gasteiger partial charge in [-0.05, 0) is 13.8 Å². The number of fused-ring (bicyclic) bond motifs is 1. The summed E-state index contributed by atoms with van der Waals surface area (Å²) in [6.45, 7) is 2.24. The lowest BCUT2D eigenvalue weighted by Gasteiger charge is -2.27. The van der Waals surface area contributed by atoms with E-state index in [2.05, 4.69) is 4.98 Å². The highest BCUT2D eigenvalue weighted by Gasteiger charge is 2.64. The zero-order valence-corrected chi connectivity index (χ0v) is 11.4. The lowest BCUT2D eigenvalue weighted by atomic mass is 10.1. The molecule has 21 heavy (non-hydrogen) atoms. The third kappa shape index (κ3) is 2.22. The summed E-state index contributed by atoms with van der Waals surface area (Å²) in [5, 5.41) is 9.24. The lowest BCUT2D eigenvalue weighted by Crippen LogP contribution is -2.42. The Morgan fingerprint density at radius 1 is 1.38 bits per heavy atom. The van der Waals surface area contributed by atoms with E-state index < -0.39 is 47.9 Å². The van der Waals surface area contributed by atoms with Crippen LogP contribution in [0.3, 0.4) is 0 Å². The Kier molecular flexibility index (Phi) is 3.06. The summed E-state index contributed by atoms with van der Waals surface area (Å²) in [6, 6.07) is 1.11. The van der Waals surface area contributed by atoms with Gasteiger partial charge in [-0.1, -0.05) is 0 Å². The first-order chi connectivity index (χ1) is 9.76. The second kappa shape index (κ2) is 4.47. The van der Waals surface area contributed by atoms with Crippen molar-refractivity contribution in [2.24, 2.45) is 0 Å². The predicted molar refractivity (Wildman–Crippen MR) is 66.2 cm³/mol. The standard InChI is InChI=1S/C12H15FN2O6/c1-11(2)19-7-8(20-11)12(13,5-16)21-9(7)15-4-3-6(17)14-10(15)18/h3-4,7-9,16H,5H2,1-2H3,(H,14,17,18)/t7?,8?,9-,12-/m1/s1. The number of aromatic amines is 1. The first kappa shape index (κ1) is 14.4. The summed E-state index contributed by atoms with van der Waals surface area (Å²) in [5.74, 6) is -3.56. The average Bonchev–Trinajstić information content (AvgIpc) is 2.84. The number of nitrogens with zero attached hydrogens (tertiary/aromatic N) is 1. The predicted octanol–water partition coefficient (Wildman–Crippen LogP) is -0.756. The van der Waals surface area contributed by atoms with Crippen LogP contribution in [0.15, 0.2) is 21.9 Å². The monoisotopic (exact) mass is 302 g/mol. The third-order valence-corrected chi connectivity index (χ3v) is 3.49. The molecule has 0 aliphatic carbocycles. The second-order valence-corrected chi connectivity index (χ2v) is 5.49. The number of ether oxygens (including phenoxy) is 3. The van der Waals surface area contributed by atoms with Gasteiger partial charge in [0, 0.05) is 12.3 Å². The minimum Gasteiger partial charge on any atom is -0.390 e. The van der Waals surface area contributed by atoms with Crippen molar-refractivity contribution < 1.29 is 23.7 Å². The summed E-state index contributed by atoms with van der Waals surface area (Å²) < 4.78 is 31.8. The molecule has 0 saturated carbocycles. The molecule has 0 aromatic carbocycles. The minimum atomic E-state index is -2.49. The molecule has 3 rings (SSSR count). The Morgan fingerprint density at radius 2 is 2.10 bits per heavy atom. The second-order valence-electron chi connectivity index (χ2n) is 5.49. The zero-order valence-electron chi connectivity index (χ0n) is 11.4. The molecule has 0 bridgehead atoms. The number of H-pyrrole nitrogens is 1. The highest BCUT2D eigenvalue weighted by atomic mass is 19.2. The van der Waals surface area contributed by atoms with Gasteiger partial charge in [-0.25, -0.2) is 9.18 Å². The van der Waals surface area contributed by atoms with Crippen LogP contribution in [0.1, 0.15) is 20.1 Å². The molecule has 2 aliphatic rings. The number of rotatable bonds is 2. The molecule has 1 aromatic rings. The van der Waals surface area contributed by atoms with Crippen molar-refractivity contribution in [1.29, 1.82) is 0 Å². The van der Waals surface area contributed by atoms with E-state index >= 15 is 0 Å². The fraction of sp³-hybridized carbons (Fsp3) is 0.667. The quantitative estimate of drug-likeness (QED) is 0.745. The van der Waals surface area contributed by atoms with Crippen molar-refractivity contribution in [3.8, 4) is 0 Å². The first-order valence-corrected chi connectivity index (χ1v) is 6.40. The molecule has 0 spiro atoms. The highest BCUT2D eigenvalue weighted by molar-refractivity contribution is 5.02. The van der Waals surface area contributed by atoms with Crippen LogP contribution >= 0.6 is 0 Å². The molecule has 0 amide bonds. The Hall–Kier alpha value is -1.55. The molecule has 8 nitrogen and oxygen atoms in total. The van der Waals surface area contributed by atoms with Gasteiger partial charge in [0.05, 0.1) is 0 Å². The molecule has 2 saturated heterocycles. The fourth-order valence-corrected chi connectivity index (χ4v) is 2.64. The Labute approximate surface area is 118 Å². The molecule has 1 aromatic heterocycles. The van der Waals surface area contributed by atoms with Gasteiger partial charge in [0.1, 0.15) is 12.7 Å². The van der Waals surface area contributed by atoms with Crippen LogP contribution in [0.5, 0.6) is 0 Å². The van der Waals surface area contributed by atoms with Gasteiger partial charge in [-0.2, -0.15) is 0 Å². The highest BCUT2D eigenvalue weighted by Crippen LogP contribution is 2.48. The van der Waals surface area contributed by atoms with Crippen LogP contribution < -0.4 is 11.2 Å². The molecule has 2 aliphatic heterocycles. The minimum absolute atomic E-state index is 0.580. The summed E-state index contributed by atoms with van der Waals surface area (Å²) in [5.41, 5.74) is -1.34. The van der Waals surface area contributed by atoms with E-state index in [1.165, 1.54) is 6.20 Å². The maximum absolute atomic E-state index is 14.6. The van der Waals surface area contributed by atoms with Crippen LogP contribution in [0.25, 0.3) is 0 Å². The third-order valence-electron chi connectivity index (χ3n) is 3.49. The SMILES string of the molecule is CC1(C)OC2C(O1)[C@@](F)(CO)O[C@H]2n1ccc(=O)[nH]c1=O. The molecule has 2 N–H and O–H groups in total.